The predicted molar refractivity (Wildman–Crippen MR) is 165 cm³/mol. The highest BCUT2D eigenvalue weighted by atomic mass is 16.5. The van der Waals surface area contributed by atoms with Crippen molar-refractivity contribution in [2.24, 2.45) is 5.41 Å². The number of aromatic nitrogens is 1. The van der Waals surface area contributed by atoms with Gasteiger partial charge in [-0.25, -0.2) is 4.98 Å². The van der Waals surface area contributed by atoms with Crippen molar-refractivity contribution in [1.82, 2.24) is 4.98 Å². The van der Waals surface area contributed by atoms with E-state index in [4.69, 9.17) is 13.9 Å². The molecule has 1 aliphatic carbocycles. The lowest BCUT2D eigenvalue weighted by atomic mass is 9.62. The zero-order valence-corrected chi connectivity index (χ0v) is 24.8. The van der Waals surface area contributed by atoms with E-state index in [9.17, 15) is 4.79 Å². The van der Waals surface area contributed by atoms with Crippen molar-refractivity contribution in [3.05, 3.63) is 102 Å². The van der Waals surface area contributed by atoms with Crippen LogP contribution in [0.4, 0.5) is 11.7 Å². The summed E-state index contributed by atoms with van der Waals surface area (Å²) in [6, 6.07) is 27.6. The minimum Gasteiger partial charge on any atom is -0.461 e. The molecule has 1 saturated carbocycles. The van der Waals surface area contributed by atoms with E-state index < -0.39 is 0 Å². The SMILES string of the molecule is CC(C)(C)Cc1cnc(Nc2ccc(-c3ccc(C45CCC(CC(=O)OCc6ccccc6)(CC4)OC5)cc3)cc2)o1. The number of nitrogens with one attached hydrogen (secondary N) is 1. The molecule has 3 heterocycles. The van der Waals surface area contributed by atoms with Gasteiger partial charge in [0.15, 0.2) is 0 Å². The third-order valence-electron chi connectivity index (χ3n) is 8.71. The normalized spacial score (nSPS) is 21.7. The Hall–Kier alpha value is -3.90. The Kier molecular flexibility index (Phi) is 7.67. The summed E-state index contributed by atoms with van der Waals surface area (Å²) in [5.74, 6) is 0.707. The molecule has 4 aromatic rings. The van der Waals surface area contributed by atoms with Gasteiger partial charge in [0.2, 0.25) is 0 Å². The van der Waals surface area contributed by atoms with Crippen LogP contribution in [0.15, 0.2) is 89.5 Å². The summed E-state index contributed by atoms with van der Waals surface area (Å²) in [6.45, 7) is 7.52. The molecule has 3 aromatic carbocycles. The fraction of sp³-hybridized carbons (Fsp3) is 0.389. The lowest BCUT2D eigenvalue weighted by Gasteiger charge is -2.53. The quantitative estimate of drug-likeness (QED) is 0.206. The summed E-state index contributed by atoms with van der Waals surface area (Å²) in [6.07, 6.45) is 6.78. The first kappa shape index (κ1) is 28.2. The number of anilines is 2. The Morgan fingerprint density at radius 2 is 1.57 bits per heavy atom. The molecule has 0 radical (unpaired) electrons. The minimum atomic E-state index is -0.384. The fourth-order valence-corrected chi connectivity index (χ4v) is 6.27. The van der Waals surface area contributed by atoms with Gasteiger partial charge in [-0.2, -0.15) is 0 Å². The Bertz CT molecular complexity index is 1480. The van der Waals surface area contributed by atoms with E-state index in [0.29, 0.717) is 25.6 Å². The van der Waals surface area contributed by atoms with E-state index in [-0.39, 0.29) is 22.4 Å². The van der Waals surface area contributed by atoms with Crippen LogP contribution in [0, 0.1) is 5.41 Å². The standard InChI is InChI=1S/C36H40N2O4/c1-34(2,3)21-31-23-37-33(42-31)38-30-15-11-28(12-16-30)27-9-13-29(14-10-27)35-17-19-36(20-18-35,41-25-35)22-32(39)40-24-26-7-5-4-6-8-26/h4-16,23H,17-22,24-25H2,1-3H3,(H,37,38). The van der Waals surface area contributed by atoms with Crippen molar-refractivity contribution in [2.45, 2.75) is 76.9 Å². The Morgan fingerprint density at radius 1 is 0.905 bits per heavy atom. The smallest absolute Gasteiger partial charge is 0.309 e. The Balaban J connectivity index is 1.03. The topological polar surface area (TPSA) is 73.6 Å². The third-order valence-corrected chi connectivity index (χ3v) is 8.71. The molecule has 2 aliphatic heterocycles. The molecule has 0 atom stereocenters. The van der Waals surface area contributed by atoms with Crippen LogP contribution in [-0.4, -0.2) is 23.2 Å². The lowest BCUT2D eigenvalue weighted by Crippen LogP contribution is -2.54. The maximum atomic E-state index is 12.6. The van der Waals surface area contributed by atoms with Crippen LogP contribution in [0.25, 0.3) is 11.1 Å². The number of nitrogens with zero attached hydrogens (tertiary/aromatic N) is 1. The van der Waals surface area contributed by atoms with Crippen LogP contribution < -0.4 is 5.32 Å². The lowest BCUT2D eigenvalue weighted by molar-refractivity contribution is -0.179. The van der Waals surface area contributed by atoms with Gasteiger partial charge < -0.3 is 19.2 Å². The molecule has 1 aromatic heterocycles. The van der Waals surface area contributed by atoms with Gasteiger partial charge in [0.25, 0.3) is 6.01 Å². The van der Waals surface area contributed by atoms with Crippen molar-refractivity contribution < 1.29 is 18.7 Å². The highest BCUT2D eigenvalue weighted by molar-refractivity contribution is 5.71. The Morgan fingerprint density at radius 3 is 2.19 bits per heavy atom. The molecule has 2 saturated heterocycles. The van der Waals surface area contributed by atoms with Crippen LogP contribution in [0.1, 0.15) is 69.8 Å². The third kappa shape index (κ3) is 6.44. The van der Waals surface area contributed by atoms with Crippen molar-refractivity contribution in [3.8, 4) is 11.1 Å². The van der Waals surface area contributed by atoms with Crippen LogP contribution in [0.5, 0.6) is 0 Å². The number of benzene rings is 3. The zero-order chi connectivity index (χ0) is 29.2. The van der Waals surface area contributed by atoms with E-state index >= 15 is 0 Å². The molecule has 3 aliphatic rings. The summed E-state index contributed by atoms with van der Waals surface area (Å²) in [5.41, 5.74) is 5.37. The molecular weight excluding hydrogens is 524 g/mol. The van der Waals surface area contributed by atoms with Crippen LogP contribution in [-0.2, 0) is 32.7 Å². The highest BCUT2D eigenvalue weighted by Crippen LogP contribution is 2.51. The van der Waals surface area contributed by atoms with E-state index in [2.05, 4.69) is 79.6 Å². The number of carbonyl (C=O) groups excluding carboxylic acids is 1. The summed E-state index contributed by atoms with van der Waals surface area (Å²) in [7, 11) is 0. The second-order valence-electron chi connectivity index (χ2n) is 13.2. The van der Waals surface area contributed by atoms with Crippen LogP contribution in [0.3, 0.4) is 0 Å². The van der Waals surface area contributed by atoms with E-state index in [0.717, 1.165) is 54.7 Å². The number of fused-ring (bicyclic) bond motifs is 3. The van der Waals surface area contributed by atoms with Crippen molar-refractivity contribution in [1.29, 1.82) is 0 Å². The maximum absolute atomic E-state index is 12.6. The van der Waals surface area contributed by atoms with Gasteiger partial charge in [0, 0.05) is 17.5 Å². The van der Waals surface area contributed by atoms with Gasteiger partial charge in [-0.05, 0) is 65.5 Å². The second-order valence-corrected chi connectivity index (χ2v) is 13.2. The fourth-order valence-electron chi connectivity index (χ4n) is 6.27. The summed E-state index contributed by atoms with van der Waals surface area (Å²) >= 11 is 0. The first-order valence-electron chi connectivity index (χ1n) is 15.0. The van der Waals surface area contributed by atoms with Crippen molar-refractivity contribution >= 4 is 17.7 Å². The number of hydrogen-bond acceptors (Lipinski definition) is 6. The molecule has 0 unspecified atom stereocenters. The van der Waals surface area contributed by atoms with Gasteiger partial charge in [0.1, 0.15) is 12.4 Å². The van der Waals surface area contributed by atoms with Gasteiger partial charge in [-0.1, -0.05) is 87.5 Å². The average Bonchev–Trinajstić information content (AvgIpc) is 3.43. The van der Waals surface area contributed by atoms with Gasteiger partial charge in [0.05, 0.1) is 24.8 Å². The molecule has 0 spiro atoms. The van der Waals surface area contributed by atoms with Crippen molar-refractivity contribution in [2.75, 3.05) is 11.9 Å². The zero-order valence-electron chi connectivity index (χ0n) is 24.8. The Labute approximate surface area is 248 Å². The molecule has 7 rings (SSSR count). The summed E-state index contributed by atoms with van der Waals surface area (Å²) < 4.78 is 17.9. The first-order valence-corrected chi connectivity index (χ1v) is 15.0. The first-order chi connectivity index (χ1) is 20.2. The number of ether oxygens (including phenoxy) is 2. The van der Waals surface area contributed by atoms with Gasteiger partial charge >= 0.3 is 5.97 Å². The minimum absolute atomic E-state index is 0.0177. The predicted octanol–water partition coefficient (Wildman–Crippen LogP) is 8.39. The second kappa shape index (κ2) is 11.4. The maximum Gasteiger partial charge on any atom is 0.309 e. The van der Waals surface area contributed by atoms with Gasteiger partial charge in [-0.3, -0.25) is 4.79 Å². The average molecular weight is 565 g/mol. The van der Waals surface area contributed by atoms with Crippen LogP contribution >= 0.6 is 0 Å². The van der Waals surface area contributed by atoms with Crippen LogP contribution in [0.2, 0.25) is 0 Å². The van der Waals surface area contributed by atoms with E-state index in [1.807, 2.05) is 30.3 Å². The number of oxazole rings is 1. The molecule has 42 heavy (non-hydrogen) atoms. The highest BCUT2D eigenvalue weighted by Gasteiger charge is 2.51. The molecule has 2 bridgehead atoms. The van der Waals surface area contributed by atoms with E-state index in [1.54, 1.807) is 6.20 Å². The number of carbonyl (C=O) groups is 1. The largest absolute Gasteiger partial charge is 0.461 e. The number of rotatable bonds is 9. The number of esters is 1. The summed E-state index contributed by atoms with van der Waals surface area (Å²) in [4.78, 5) is 17.0. The van der Waals surface area contributed by atoms with Gasteiger partial charge in [-0.15, -0.1) is 0 Å². The molecule has 6 nitrogen and oxygen atoms in total. The van der Waals surface area contributed by atoms with Crippen molar-refractivity contribution in [3.63, 3.8) is 0 Å². The molecular formula is C36H40N2O4. The number of hydrogen-bond donors (Lipinski definition) is 1. The monoisotopic (exact) mass is 564 g/mol. The molecule has 6 heteroatoms. The molecule has 218 valence electrons. The molecule has 1 N–H and O–H groups in total. The molecule has 0 amide bonds. The molecule has 3 fully saturated rings. The van der Waals surface area contributed by atoms with E-state index in [1.165, 1.54) is 11.1 Å². The summed E-state index contributed by atoms with van der Waals surface area (Å²) in [5, 5.41) is 3.27.